The van der Waals surface area contributed by atoms with Crippen LogP contribution in [0.3, 0.4) is 0 Å². The molecule has 1 aliphatic rings. The second-order valence-electron chi connectivity index (χ2n) is 5.69. The Morgan fingerprint density at radius 3 is 2.50 bits per heavy atom. The summed E-state index contributed by atoms with van der Waals surface area (Å²) in [5.41, 5.74) is 1.91. The first-order chi connectivity index (χ1) is 9.60. The average Bonchev–Trinajstić information content (AvgIpc) is 2.47. The molecule has 1 amide bonds. The van der Waals surface area contributed by atoms with Gasteiger partial charge in [0.2, 0.25) is 0 Å². The number of benzene rings is 1. The maximum absolute atomic E-state index is 12.2. The molecule has 0 heterocycles. The zero-order chi connectivity index (χ0) is 14.5. The van der Waals surface area contributed by atoms with E-state index in [-0.39, 0.29) is 23.7 Å². The summed E-state index contributed by atoms with van der Waals surface area (Å²) >= 11 is 0. The Labute approximate surface area is 120 Å². The van der Waals surface area contributed by atoms with E-state index in [1.165, 1.54) is 5.56 Å². The smallest absolute Gasteiger partial charge is 0.251 e. The maximum Gasteiger partial charge on any atom is 0.251 e. The third-order valence-corrected chi connectivity index (χ3v) is 4.23. The summed E-state index contributed by atoms with van der Waals surface area (Å²) in [7, 11) is 0. The van der Waals surface area contributed by atoms with Gasteiger partial charge in [-0.2, -0.15) is 0 Å². The highest BCUT2D eigenvalue weighted by Gasteiger charge is 2.25. The number of ketones is 1. The molecular formula is C17H23NO2. The van der Waals surface area contributed by atoms with Gasteiger partial charge < -0.3 is 5.32 Å². The van der Waals surface area contributed by atoms with E-state index >= 15 is 0 Å². The quantitative estimate of drug-likeness (QED) is 0.916. The molecule has 0 aliphatic heterocycles. The maximum atomic E-state index is 12.2. The molecular weight excluding hydrogens is 250 g/mol. The molecule has 1 saturated carbocycles. The zero-order valence-electron chi connectivity index (χ0n) is 12.3. The summed E-state index contributed by atoms with van der Waals surface area (Å²) in [6.45, 7) is 3.75. The van der Waals surface area contributed by atoms with Gasteiger partial charge >= 0.3 is 0 Å². The fourth-order valence-electron chi connectivity index (χ4n) is 2.85. The van der Waals surface area contributed by atoms with Crippen molar-refractivity contribution in [1.29, 1.82) is 0 Å². The highest BCUT2D eigenvalue weighted by Crippen LogP contribution is 2.25. The predicted octanol–water partition coefficient (Wildman–Crippen LogP) is 3.13. The zero-order valence-corrected chi connectivity index (χ0v) is 12.3. The molecule has 1 N–H and O–H groups in total. The van der Waals surface area contributed by atoms with Crippen LogP contribution in [0.1, 0.15) is 55.5 Å². The summed E-state index contributed by atoms with van der Waals surface area (Å²) in [6.07, 6.45) is 4.54. The van der Waals surface area contributed by atoms with Crippen LogP contribution in [-0.4, -0.2) is 17.7 Å². The van der Waals surface area contributed by atoms with Gasteiger partial charge in [0.15, 0.2) is 0 Å². The highest BCUT2D eigenvalue weighted by atomic mass is 16.1. The van der Waals surface area contributed by atoms with Gasteiger partial charge in [0, 0.05) is 17.5 Å². The van der Waals surface area contributed by atoms with E-state index in [0.29, 0.717) is 0 Å². The molecule has 108 valence electrons. The molecule has 1 fully saturated rings. The van der Waals surface area contributed by atoms with Crippen LogP contribution in [0.5, 0.6) is 0 Å². The van der Waals surface area contributed by atoms with Crippen molar-refractivity contribution in [2.45, 2.75) is 52.0 Å². The van der Waals surface area contributed by atoms with Crippen molar-refractivity contribution in [2.75, 3.05) is 0 Å². The Bertz CT molecular complexity index is 488. The first-order valence-electron chi connectivity index (χ1n) is 7.50. The van der Waals surface area contributed by atoms with Gasteiger partial charge in [-0.05, 0) is 56.7 Å². The summed E-state index contributed by atoms with van der Waals surface area (Å²) in [5.74, 6) is 0.489. The van der Waals surface area contributed by atoms with Gasteiger partial charge in [0.25, 0.3) is 5.91 Å². The lowest BCUT2D eigenvalue weighted by Crippen LogP contribution is -2.38. The van der Waals surface area contributed by atoms with Crippen molar-refractivity contribution in [2.24, 2.45) is 5.92 Å². The lowest BCUT2D eigenvalue weighted by Gasteiger charge is -2.27. The molecule has 3 nitrogen and oxygen atoms in total. The van der Waals surface area contributed by atoms with Crippen molar-refractivity contribution < 1.29 is 9.59 Å². The van der Waals surface area contributed by atoms with Gasteiger partial charge in [-0.15, -0.1) is 0 Å². The standard InChI is InChI=1S/C17H23NO2/c1-3-13-5-4-6-15(11-13)17(20)18-16-9-7-14(8-10-16)12(2)19/h4-6,11,14,16H,3,7-10H2,1-2H3,(H,18,20). The molecule has 0 atom stereocenters. The second kappa shape index (κ2) is 6.69. The Morgan fingerprint density at radius 1 is 1.20 bits per heavy atom. The Hall–Kier alpha value is -1.64. The van der Waals surface area contributed by atoms with E-state index in [0.717, 1.165) is 37.7 Å². The van der Waals surface area contributed by atoms with Crippen molar-refractivity contribution in [3.8, 4) is 0 Å². The van der Waals surface area contributed by atoms with Crippen molar-refractivity contribution >= 4 is 11.7 Å². The molecule has 0 aromatic heterocycles. The number of nitrogens with one attached hydrogen (secondary N) is 1. The fourth-order valence-corrected chi connectivity index (χ4v) is 2.85. The molecule has 0 unspecified atom stereocenters. The fraction of sp³-hybridized carbons (Fsp3) is 0.529. The van der Waals surface area contributed by atoms with Gasteiger partial charge in [0.05, 0.1) is 0 Å². The van der Waals surface area contributed by atoms with Crippen LogP contribution >= 0.6 is 0 Å². The predicted molar refractivity (Wildman–Crippen MR) is 79.7 cm³/mol. The summed E-state index contributed by atoms with van der Waals surface area (Å²) in [4.78, 5) is 23.6. The average molecular weight is 273 g/mol. The third kappa shape index (κ3) is 3.69. The largest absolute Gasteiger partial charge is 0.349 e. The molecule has 0 saturated heterocycles. The monoisotopic (exact) mass is 273 g/mol. The normalized spacial score (nSPS) is 22.3. The van der Waals surface area contributed by atoms with Crippen LogP contribution < -0.4 is 5.32 Å². The number of aryl methyl sites for hydroxylation is 1. The van der Waals surface area contributed by atoms with E-state index in [4.69, 9.17) is 0 Å². The number of rotatable bonds is 4. The Balaban J connectivity index is 1.90. The molecule has 3 heteroatoms. The van der Waals surface area contributed by atoms with Gasteiger partial charge in [0.1, 0.15) is 5.78 Å². The molecule has 0 spiro atoms. The molecule has 0 bridgehead atoms. The lowest BCUT2D eigenvalue weighted by molar-refractivity contribution is -0.121. The first-order valence-corrected chi connectivity index (χ1v) is 7.50. The molecule has 1 aliphatic carbocycles. The van der Waals surface area contributed by atoms with E-state index in [2.05, 4.69) is 12.2 Å². The van der Waals surface area contributed by atoms with E-state index in [1.54, 1.807) is 6.92 Å². The topological polar surface area (TPSA) is 46.2 Å². The van der Waals surface area contributed by atoms with Gasteiger partial charge in [-0.25, -0.2) is 0 Å². The minimum atomic E-state index is 0.00609. The minimum Gasteiger partial charge on any atom is -0.349 e. The number of hydrogen-bond donors (Lipinski definition) is 1. The van der Waals surface area contributed by atoms with Crippen LogP contribution in [0.25, 0.3) is 0 Å². The number of amides is 1. The van der Waals surface area contributed by atoms with Crippen LogP contribution in [0.15, 0.2) is 24.3 Å². The lowest BCUT2D eigenvalue weighted by atomic mass is 9.84. The van der Waals surface area contributed by atoms with Crippen LogP contribution in [0.2, 0.25) is 0 Å². The number of Topliss-reactive ketones (excluding diaryl/α,β-unsaturated/α-hetero) is 1. The van der Waals surface area contributed by atoms with Gasteiger partial charge in [-0.1, -0.05) is 19.1 Å². The summed E-state index contributed by atoms with van der Waals surface area (Å²) < 4.78 is 0. The van der Waals surface area contributed by atoms with Crippen molar-refractivity contribution in [1.82, 2.24) is 5.32 Å². The summed E-state index contributed by atoms with van der Waals surface area (Å²) in [5, 5.41) is 3.10. The van der Waals surface area contributed by atoms with Crippen molar-refractivity contribution in [3.05, 3.63) is 35.4 Å². The molecule has 20 heavy (non-hydrogen) atoms. The Kier molecular flexibility index (Phi) is 4.94. The number of hydrogen-bond acceptors (Lipinski definition) is 2. The van der Waals surface area contributed by atoms with Crippen LogP contribution in [-0.2, 0) is 11.2 Å². The van der Waals surface area contributed by atoms with E-state index in [1.807, 2.05) is 24.3 Å². The first kappa shape index (κ1) is 14.8. The van der Waals surface area contributed by atoms with Gasteiger partial charge in [-0.3, -0.25) is 9.59 Å². The molecule has 2 rings (SSSR count). The highest BCUT2D eigenvalue weighted by molar-refractivity contribution is 5.94. The summed E-state index contributed by atoms with van der Waals surface area (Å²) in [6, 6.07) is 7.99. The second-order valence-corrected chi connectivity index (χ2v) is 5.69. The molecule has 0 radical (unpaired) electrons. The molecule has 1 aromatic rings. The van der Waals surface area contributed by atoms with E-state index in [9.17, 15) is 9.59 Å². The SMILES string of the molecule is CCc1cccc(C(=O)NC2CCC(C(C)=O)CC2)c1. The number of carbonyl (C=O) groups excluding carboxylic acids is 2. The minimum absolute atomic E-state index is 0.00609. The number of carbonyl (C=O) groups is 2. The van der Waals surface area contributed by atoms with E-state index < -0.39 is 0 Å². The van der Waals surface area contributed by atoms with Crippen LogP contribution in [0, 0.1) is 5.92 Å². The van der Waals surface area contributed by atoms with Crippen LogP contribution in [0.4, 0.5) is 0 Å². The molecule has 1 aromatic carbocycles. The van der Waals surface area contributed by atoms with Crippen molar-refractivity contribution in [3.63, 3.8) is 0 Å². The third-order valence-electron chi connectivity index (χ3n) is 4.23. The Morgan fingerprint density at radius 2 is 1.90 bits per heavy atom.